The predicted molar refractivity (Wildman–Crippen MR) is 68.5 cm³/mol. The van der Waals surface area contributed by atoms with Gasteiger partial charge in [0.2, 0.25) is 0 Å². The lowest BCUT2D eigenvalue weighted by Crippen LogP contribution is -2.23. The number of halogens is 2. The molecule has 2 rings (SSSR count). The molecular formula is C10H11BrIN. The quantitative estimate of drug-likeness (QED) is 0.422. The highest BCUT2D eigenvalue weighted by Crippen LogP contribution is 2.30. The number of benzene rings is 1. The Bertz CT molecular complexity index is 303. The molecule has 1 aliphatic rings. The van der Waals surface area contributed by atoms with Crippen LogP contribution in [0.2, 0.25) is 0 Å². The monoisotopic (exact) mass is 351 g/mol. The summed E-state index contributed by atoms with van der Waals surface area (Å²) in [4.78, 5) is 2.46. The van der Waals surface area contributed by atoms with Crippen molar-refractivity contribution in [2.75, 3.05) is 11.4 Å². The van der Waals surface area contributed by atoms with Gasteiger partial charge in [-0.25, -0.2) is 0 Å². The standard InChI is InChI=1S/C10H11BrIN/c11-8-3-1-4-9(7-8)13-6-2-5-10(13)12/h1,3-4,7,10H,2,5-6H2. The molecule has 1 atom stereocenters. The summed E-state index contributed by atoms with van der Waals surface area (Å²) in [6.07, 6.45) is 2.63. The van der Waals surface area contributed by atoms with Gasteiger partial charge in [0.1, 0.15) is 0 Å². The second kappa shape index (κ2) is 4.17. The first kappa shape index (κ1) is 9.77. The van der Waals surface area contributed by atoms with Crippen molar-refractivity contribution < 1.29 is 0 Å². The topological polar surface area (TPSA) is 3.24 Å². The number of hydrogen-bond acceptors (Lipinski definition) is 1. The molecular weight excluding hydrogens is 341 g/mol. The zero-order valence-electron chi connectivity index (χ0n) is 7.21. The molecule has 0 radical (unpaired) electrons. The van der Waals surface area contributed by atoms with Gasteiger partial charge in [-0.2, -0.15) is 0 Å². The maximum Gasteiger partial charge on any atom is 0.0809 e. The highest BCUT2D eigenvalue weighted by molar-refractivity contribution is 14.1. The van der Waals surface area contributed by atoms with Gasteiger partial charge < -0.3 is 4.90 Å². The van der Waals surface area contributed by atoms with Crippen molar-refractivity contribution in [2.24, 2.45) is 0 Å². The summed E-state index contributed by atoms with van der Waals surface area (Å²) in [5.41, 5.74) is 1.34. The van der Waals surface area contributed by atoms with E-state index in [1.807, 2.05) is 0 Å². The van der Waals surface area contributed by atoms with E-state index in [4.69, 9.17) is 0 Å². The Morgan fingerprint density at radius 1 is 1.46 bits per heavy atom. The van der Waals surface area contributed by atoms with Gasteiger partial charge in [0, 0.05) is 16.7 Å². The van der Waals surface area contributed by atoms with Crippen molar-refractivity contribution in [2.45, 2.75) is 16.9 Å². The first-order valence-corrected chi connectivity index (χ1v) is 6.47. The summed E-state index contributed by atoms with van der Waals surface area (Å²) < 4.78 is 1.84. The molecule has 13 heavy (non-hydrogen) atoms. The van der Waals surface area contributed by atoms with E-state index in [1.165, 1.54) is 29.5 Å². The number of alkyl halides is 1. The van der Waals surface area contributed by atoms with E-state index >= 15 is 0 Å². The molecule has 0 amide bonds. The van der Waals surface area contributed by atoms with Crippen LogP contribution < -0.4 is 4.90 Å². The Labute approximate surface area is 101 Å². The fourth-order valence-corrected chi connectivity index (χ4v) is 3.10. The first-order valence-electron chi connectivity index (χ1n) is 4.43. The number of rotatable bonds is 1. The van der Waals surface area contributed by atoms with Crippen molar-refractivity contribution >= 4 is 44.2 Å². The zero-order chi connectivity index (χ0) is 9.26. The maximum atomic E-state index is 3.50. The van der Waals surface area contributed by atoms with Gasteiger partial charge in [-0.05, 0) is 31.0 Å². The van der Waals surface area contributed by atoms with Crippen LogP contribution in [-0.2, 0) is 0 Å². The van der Waals surface area contributed by atoms with Crippen LogP contribution in [0.15, 0.2) is 28.7 Å². The molecule has 3 heteroatoms. The van der Waals surface area contributed by atoms with E-state index in [0.717, 1.165) is 0 Å². The van der Waals surface area contributed by atoms with Crippen molar-refractivity contribution in [1.29, 1.82) is 0 Å². The molecule has 1 aromatic rings. The van der Waals surface area contributed by atoms with E-state index in [9.17, 15) is 0 Å². The van der Waals surface area contributed by atoms with Crippen LogP contribution in [0.25, 0.3) is 0 Å². The second-order valence-electron chi connectivity index (χ2n) is 3.25. The van der Waals surface area contributed by atoms with Crippen LogP contribution in [0.1, 0.15) is 12.8 Å². The number of anilines is 1. The molecule has 0 spiro atoms. The fraction of sp³-hybridized carbons (Fsp3) is 0.400. The lowest BCUT2D eigenvalue weighted by molar-refractivity contribution is 0.926. The van der Waals surface area contributed by atoms with Gasteiger partial charge in [-0.15, -0.1) is 0 Å². The Morgan fingerprint density at radius 3 is 2.92 bits per heavy atom. The van der Waals surface area contributed by atoms with Crippen molar-refractivity contribution in [1.82, 2.24) is 0 Å². The van der Waals surface area contributed by atoms with E-state index in [0.29, 0.717) is 4.05 Å². The Morgan fingerprint density at radius 2 is 2.31 bits per heavy atom. The Kier molecular flexibility index (Phi) is 3.14. The third-order valence-corrected chi connectivity index (χ3v) is 4.11. The molecule has 0 N–H and O–H groups in total. The molecule has 1 nitrogen and oxygen atoms in total. The molecule has 0 saturated carbocycles. The number of nitrogens with zero attached hydrogens (tertiary/aromatic N) is 1. The molecule has 1 aliphatic heterocycles. The van der Waals surface area contributed by atoms with Gasteiger partial charge in [0.25, 0.3) is 0 Å². The molecule has 1 aromatic carbocycles. The molecule has 70 valence electrons. The molecule has 0 bridgehead atoms. The van der Waals surface area contributed by atoms with E-state index < -0.39 is 0 Å². The maximum absolute atomic E-state index is 3.50. The van der Waals surface area contributed by atoms with Crippen LogP contribution in [0.3, 0.4) is 0 Å². The highest BCUT2D eigenvalue weighted by Gasteiger charge is 2.21. The fourth-order valence-electron chi connectivity index (χ4n) is 1.67. The molecule has 0 aliphatic carbocycles. The molecule has 1 heterocycles. The predicted octanol–water partition coefficient (Wildman–Crippen LogP) is 3.81. The van der Waals surface area contributed by atoms with Crippen LogP contribution >= 0.6 is 38.5 Å². The van der Waals surface area contributed by atoms with Gasteiger partial charge in [0.05, 0.1) is 4.05 Å². The lowest BCUT2D eigenvalue weighted by Gasteiger charge is -2.22. The average Bonchev–Trinajstić information content (AvgIpc) is 2.51. The zero-order valence-corrected chi connectivity index (χ0v) is 11.0. The van der Waals surface area contributed by atoms with Crippen LogP contribution in [0.4, 0.5) is 5.69 Å². The molecule has 1 fully saturated rings. The summed E-state index contributed by atoms with van der Waals surface area (Å²) in [6.45, 7) is 1.20. The molecule has 0 aromatic heterocycles. The van der Waals surface area contributed by atoms with Gasteiger partial charge >= 0.3 is 0 Å². The SMILES string of the molecule is Brc1cccc(N2CCCC2I)c1. The summed E-state index contributed by atoms with van der Waals surface area (Å²) in [7, 11) is 0. The first-order chi connectivity index (χ1) is 6.27. The third-order valence-electron chi connectivity index (χ3n) is 2.32. The average molecular weight is 352 g/mol. The number of hydrogen-bond donors (Lipinski definition) is 0. The van der Waals surface area contributed by atoms with Gasteiger partial charge in [0.15, 0.2) is 0 Å². The van der Waals surface area contributed by atoms with Crippen molar-refractivity contribution in [3.8, 4) is 0 Å². The largest absolute Gasteiger partial charge is 0.360 e. The second-order valence-corrected chi connectivity index (χ2v) is 5.60. The minimum absolute atomic E-state index is 0.673. The lowest BCUT2D eigenvalue weighted by atomic mass is 10.3. The summed E-state index contributed by atoms with van der Waals surface area (Å²) >= 11 is 6.02. The minimum Gasteiger partial charge on any atom is -0.360 e. The van der Waals surface area contributed by atoms with Gasteiger partial charge in [-0.3, -0.25) is 0 Å². The molecule has 1 unspecified atom stereocenters. The Balaban J connectivity index is 2.24. The van der Waals surface area contributed by atoms with Crippen molar-refractivity contribution in [3.05, 3.63) is 28.7 Å². The van der Waals surface area contributed by atoms with E-state index in [1.54, 1.807) is 0 Å². The van der Waals surface area contributed by atoms with E-state index in [2.05, 4.69) is 67.7 Å². The summed E-state index contributed by atoms with van der Waals surface area (Å²) in [6, 6.07) is 8.54. The Hall–Kier alpha value is 0.230. The molecule has 1 saturated heterocycles. The van der Waals surface area contributed by atoms with Crippen LogP contribution in [-0.4, -0.2) is 10.6 Å². The van der Waals surface area contributed by atoms with Crippen LogP contribution in [0.5, 0.6) is 0 Å². The summed E-state index contributed by atoms with van der Waals surface area (Å²) in [5.74, 6) is 0. The third kappa shape index (κ3) is 2.18. The van der Waals surface area contributed by atoms with Gasteiger partial charge in [-0.1, -0.05) is 44.6 Å². The minimum atomic E-state index is 0.673. The summed E-state index contributed by atoms with van der Waals surface area (Å²) in [5, 5.41) is 0. The normalized spacial score (nSPS) is 22.3. The van der Waals surface area contributed by atoms with E-state index in [-0.39, 0.29) is 0 Å². The van der Waals surface area contributed by atoms with Crippen molar-refractivity contribution in [3.63, 3.8) is 0 Å². The van der Waals surface area contributed by atoms with Crippen LogP contribution in [0, 0.1) is 0 Å². The smallest absolute Gasteiger partial charge is 0.0809 e. The highest BCUT2D eigenvalue weighted by atomic mass is 127.